The number of nitrogens with zero attached hydrogens (tertiary/aromatic N) is 4. The Balaban J connectivity index is 1.57. The number of amides is 2. The Morgan fingerprint density at radius 3 is 2.45 bits per heavy atom. The summed E-state index contributed by atoms with van der Waals surface area (Å²) >= 11 is 0. The Labute approximate surface area is 129 Å². The first-order valence-corrected chi connectivity index (χ1v) is 7.85. The molecule has 3 rings (SSSR count). The molecule has 118 valence electrons. The second kappa shape index (κ2) is 6.72. The van der Waals surface area contributed by atoms with E-state index >= 15 is 0 Å². The molecule has 0 bridgehead atoms. The van der Waals surface area contributed by atoms with Gasteiger partial charge < -0.3 is 15.1 Å². The number of rotatable bonds is 4. The van der Waals surface area contributed by atoms with Gasteiger partial charge in [0.05, 0.1) is 0 Å². The van der Waals surface area contributed by atoms with E-state index in [0.29, 0.717) is 37.9 Å². The van der Waals surface area contributed by atoms with Gasteiger partial charge in [-0.3, -0.25) is 9.59 Å². The van der Waals surface area contributed by atoms with E-state index in [4.69, 9.17) is 0 Å². The molecule has 2 heterocycles. The lowest BCUT2D eigenvalue weighted by molar-refractivity contribution is -0.119. The maximum atomic E-state index is 12.3. The van der Waals surface area contributed by atoms with Crippen LogP contribution in [0.4, 0.5) is 5.82 Å². The molecule has 1 aromatic rings. The van der Waals surface area contributed by atoms with Gasteiger partial charge in [0.1, 0.15) is 5.82 Å². The zero-order valence-electron chi connectivity index (χ0n) is 12.6. The third kappa shape index (κ3) is 3.35. The van der Waals surface area contributed by atoms with Crippen molar-refractivity contribution in [1.29, 1.82) is 0 Å². The number of carbonyl (C=O) groups is 2. The average molecular weight is 303 g/mol. The quantitative estimate of drug-likeness (QED) is 0.830. The van der Waals surface area contributed by atoms with Crippen LogP contribution in [-0.2, 0) is 4.79 Å². The Morgan fingerprint density at radius 2 is 1.86 bits per heavy atom. The molecule has 1 saturated carbocycles. The van der Waals surface area contributed by atoms with Crippen LogP contribution in [0.3, 0.4) is 0 Å². The first-order chi connectivity index (χ1) is 10.8. The second-order valence-corrected chi connectivity index (χ2v) is 5.86. The summed E-state index contributed by atoms with van der Waals surface area (Å²) in [5, 5.41) is 11.5. The van der Waals surface area contributed by atoms with Crippen LogP contribution in [-0.4, -0.2) is 64.5 Å². The zero-order valence-corrected chi connectivity index (χ0v) is 12.6. The molecule has 0 atom stereocenters. The van der Waals surface area contributed by atoms with E-state index in [1.165, 1.54) is 25.7 Å². The van der Waals surface area contributed by atoms with Crippen LogP contribution >= 0.6 is 0 Å². The summed E-state index contributed by atoms with van der Waals surface area (Å²) in [5.41, 5.74) is 0.358. The van der Waals surface area contributed by atoms with Crippen molar-refractivity contribution < 1.29 is 9.59 Å². The molecule has 1 N–H and O–H groups in total. The summed E-state index contributed by atoms with van der Waals surface area (Å²) in [6.45, 7) is 2.23. The minimum atomic E-state index is -0.120. The third-order valence-corrected chi connectivity index (χ3v) is 4.34. The molecular formula is C15H21N5O2. The van der Waals surface area contributed by atoms with Crippen LogP contribution in [0.5, 0.6) is 0 Å². The highest BCUT2D eigenvalue weighted by Gasteiger charge is 2.22. The van der Waals surface area contributed by atoms with Crippen molar-refractivity contribution in [1.82, 2.24) is 20.0 Å². The predicted octanol–water partition coefficient (Wildman–Crippen LogP) is 0.745. The van der Waals surface area contributed by atoms with Crippen molar-refractivity contribution in [2.45, 2.75) is 31.7 Å². The van der Waals surface area contributed by atoms with Gasteiger partial charge in [-0.05, 0) is 25.0 Å². The smallest absolute Gasteiger partial charge is 0.274 e. The van der Waals surface area contributed by atoms with Crippen LogP contribution in [0.25, 0.3) is 0 Å². The van der Waals surface area contributed by atoms with Gasteiger partial charge in [0.25, 0.3) is 5.91 Å². The molecule has 1 saturated heterocycles. The van der Waals surface area contributed by atoms with Gasteiger partial charge in [0.2, 0.25) is 6.41 Å². The summed E-state index contributed by atoms with van der Waals surface area (Å²) in [7, 11) is 0. The molecule has 1 aliphatic heterocycles. The van der Waals surface area contributed by atoms with Crippen molar-refractivity contribution >= 4 is 18.1 Å². The van der Waals surface area contributed by atoms with E-state index in [-0.39, 0.29) is 5.91 Å². The molecule has 0 unspecified atom stereocenters. The lowest BCUT2D eigenvalue weighted by Crippen LogP contribution is -2.48. The molecule has 22 heavy (non-hydrogen) atoms. The average Bonchev–Trinajstić information content (AvgIpc) is 3.08. The summed E-state index contributed by atoms with van der Waals surface area (Å²) < 4.78 is 0. The highest BCUT2D eigenvalue weighted by molar-refractivity contribution is 5.92. The second-order valence-electron chi connectivity index (χ2n) is 5.86. The molecule has 1 aromatic heterocycles. The van der Waals surface area contributed by atoms with E-state index in [0.717, 1.165) is 12.2 Å². The first kappa shape index (κ1) is 14.7. The van der Waals surface area contributed by atoms with Crippen molar-refractivity contribution in [3.8, 4) is 0 Å². The maximum Gasteiger partial charge on any atom is 0.274 e. The fourth-order valence-corrected chi connectivity index (χ4v) is 3.00. The molecule has 1 aliphatic carbocycles. The molecule has 7 heteroatoms. The van der Waals surface area contributed by atoms with E-state index in [1.54, 1.807) is 15.9 Å². The normalized spacial score (nSPS) is 19.3. The van der Waals surface area contributed by atoms with Crippen LogP contribution < -0.4 is 5.32 Å². The van der Waals surface area contributed by atoms with Crippen molar-refractivity contribution in [3.05, 3.63) is 17.8 Å². The molecule has 0 aromatic carbocycles. The molecule has 2 fully saturated rings. The predicted molar refractivity (Wildman–Crippen MR) is 81.5 cm³/mol. The summed E-state index contributed by atoms with van der Waals surface area (Å²) in [5.74, 6) is 0.611. The lowest BCUT2D eigenvalue weighted by atomic mass is 10.2. The SMILES string of the molecule is O=CN1CCN(C(=O)c2ccc(NC3CCCC3)nn2)CC1. The maximum absolute atomic E-state index is 12.3. The fraction of sp³-hybridized carbons (Fsp3) is 0.600. The molecule has 2 amide bonds. The minimum absolute atomic E-state index is 0.120. The molecular weight excluding hydrogens is 282 g/mol. The number of nitrogens with one attached hydrogen (secondary N) is 1. The topological polar surface area (TPSA) is 78.4 Å². The van der Waals surface area contributed by atoms with Crippen LogP contribution in [0.1, 0.15) is 36.2 Å². The molecule has 0 spiro atoms. The van der Waals surface area contributed by atoms with Gasteiger partial charge in [-0.15, -0.1) is 10.2 Å². The monoisotopic (exact) mass is 303 g/mol. The van der Waals surface area contributed by atoms with Crippen LogP contribution in [0.2, 0.25) is 0 Å². The number of hydrogen-bond acceptors (Lipinski definition) is 5. The van der Waals surface area contributed by atoms with E-state index in [9.17, 15) is 9.59 Å². The molecule has 0 radical (unpaired) electrons. The fourth-order valence-electron chi connectivity index (χ4n) is 3.00. The highest BCUT2D eigenvalue weighted by atomic mass is 16.2. The molecule has 2 aliphatic rings. The summed E-state index contributed by atoms with van der Waals surface area (Å²) in [4.78, 5) is 26.4. The number of aromatic nitrogens is 2. The molecule has 7 nitrogen and oxygen atoms in total. The summed E-state index contributed by atoms with van der Waals surface area (Å²) in [6, 6.07) is 4.02. The Kier molecular flexibility index (Phi) is 4.50. The Hall–Kier alpha value is -2.18. The van der Waals surface area contributed by atoms with Crippen molar-refractivity contribution in [2.75, 3.05) is 31.5 Å². The van der Waals surface area contributed by atoms with Gasteiger partial charge >= 0.3 is 0 Å². The van der Waals surface area contributed by atoms with E-state index in [1.807, 2.05) is 6.07 Å². The van der Waals surface area contributed by atoms with Crippen LogP contribution in [0, 0.1) is 0 Å². The summed E-state index contributed by atoms with van der Waals surface area (Å²) in [6.07, 6.45) is 5.68. The number of piperazine rings is 1. The zero-order chi connectivity index (χ0) is 15.4. The Morgan fingerprint density at radius 1 is 1.14 bits per heavy atom. The number of carbonyl (C=O) groups excluding carboxylic acids is 2. The third-order valence-electron chi connectivity index (χ3n) is 4.34. The van der Waals surface area contributed by atoms with Gasteiger partial charge in [0.15, 0.2) is 5.69 Å². The highest BCUT2D eigenvalue weighted by Crippen LogP contribution is 2.21. The van der Waals surface area contributed by atoms with E-state index in [2.05, 4.69) is 15.5 Å². The van der Waals surface area contributed by atoms with Gasteiger partial charge in [-0.1, -0.05) is 12.8 Å². The van der Waals surface area contributed by atoms with Gasteiger partial charge in [-0.2, -0.15) is 0 Å². The Bertz CT molecular complexity index is 519. The van der Waals surface area contributed by atoms with E-state index < -0.39 is 0 Å². The lowest BCUT2D eigenvalue weighted by Gasteiger charge is -2.32. The van der Waals surface area contributed by atoms with Crippen LogP contribution in [0.15, 0.2) is 12.1 Å². The number of anilines is 1. The first-order valence-electron chi connectivity index (χ1n) is 7.85. The standard InChI is InChI=1S/C15H21N5O2/c21-11-19-7-9-20(10-8-19)15(22)13-5-6-14(18-17-13)16-12-3-1-2-4-12/h5-6,11-12H,1-4,7-10H2,(H,16,18). The van der Waals surface area contributed by atoms with Crippen molar-refractivity contribution in [3.63, 3.8) is 0 Å². The number of hydrogen-bond donors (Lipinski definition) is 1. The van der Waals surface area contributed by atoms with Gasteiger partial charge in [-0.25, -0.2) is 0 Å². The van der Waals surface area contributed by atoms with Gasteiger partial charge in [0, 0.05) is 32.2 Å². The minimum Gasteiger partial charge on any atom is -0.366 e. The van der Waals surface area contributed by atoms with Crippen molar-refractivity contribution in [2.24, 2.45) is 0 Å². The largest absolute Gasteiger partial charge is 0.366 e.